The average molecular weight is 247 g/mol. The zero-order valence-corrected chi connectivity index (χ0v) is 9.57. The van der Waals surface area contributed by atoms with Gasteiger partial charge >= 0.3 is 0 Å². The molecule has 86 valence electrons. The van der Waals surface area contributed by atoms with Crippen LogP contribution < -0.4 is 5.84 Å². The van der Waals surface area contributed by atoms with Crippen molar-refractivity contribution in [1.29, 1.82) is 0 Å². The van der Waals surface area contributed by atoms with E-state index in [9.17, 15) is 0 Å². The molecule has 3 aromatic heterocycles. The Morgan fingerprint density at radius 1 is 1.53 bits per heavy atom. The van der Waals surface area contributed by atoms with Crippen molar-refractivity contribution in [2.75, 3.05) is 5.84 Å². The molecule has 0 amide bonds. The second-order valence-corrected chi connectivity index (χ2v) is 3.99. The van der Waals surface area contributed by atoms with E-state index in [1.165, 1.54) is 11.0 Å². The number of aromatic amines is 1. The lowest BCUT2D eigenvalue weighted by Gasteiger charge is -2.00. The summed E-state index contributed by atoms with van der Waals surface area (Å²) in [5, 5.41) is 0. The first-order chi connectivity index (χ1) is 8.24. The van der Waals surface area contributed by atoms with Crippen LogP contribution in [0.25, 0.3) is 11.2 Å². The molecule has 0 atom stereocenters. The quantitative estimate of drug-likeness (QED) is 0.528. The molecule has 3 rings (SSSR count). The Morgan fingerprint density at radius 2 is 2.41 bits per heavy atom. The highest BCUT2D eigenvalue weighted by Gasteiger charge is 2.10. The molecule has 3 heterocycles. The summed E-state index contributed by atoms with van der Waals surface area (Å²) in [6, 6.07) is 3.73. The van der Waals surface area contributed by atoms with Crippen LogP contribution in [0, 0.1) is 4.77 Å². The van der Waals surface area contributed by atoms with Gasteiger partial charge in [-0.2, -0.15) is 4.98 Å². The number of hydrogen-bond donors (Lipinski definition) is 2. The van der Waals surface area contributed by atoms with Gasteiger partial charge in [0.15, 0.2) is 10.4 Å². The van der Waals surface area contributed by atoms with Crippen molar-refractivity contribution in [3.8, 4) is 0 Å². The number of nitrogens with zero attached hydrogens (tertiary/aromatic N) is 3. The largest absolute Gasteiger partial charge is 0.469 e. The van der Waals surface area contributed by atoms with Gasteiger partial charge < -0.3 is 15.2 Å². The predicted octanol–water partition coefficient (Wildman–Crippen LogP) is 1.39. The van der Waals surface area contributed by atoms with Crippen molar-refractivity contribution < 1.29 is 4.42 Å². The summed E-state index contributed by atoms with van der Waals surface area (Å²) in [5.41, 5.74) is 2.12. The monoisotopic (exact) mass is 247 g/mol. The zero-order chi connectivity index (χ0) is 11.8. The summed E-state index contributed by atoms with van der Waals surface area (Å²) >= 11 is 5.05. The van der Waals surface area contributed by atoms with Gasteiger partial charge in [-0.1, -0.05) is 0 Å². The standard InChI is InChI=1S/C10H9N5OS/c11-15-5-12-8-7(4-6-2-1-3-16-6)13-10(17)14-9(8)15/h1-3,5H,4,11H2,(H,13,14,17). The Morgan fingerprint density at radius 3 is 3.18 bits per heavy atom. The number of H-pyrrole nitrogens is 1. The SMILES string of the molecule is Nn1cnc2c(Cc3ccco3)[nH]c(=S)nc21. The molecule has 0 fully saturated rings. The Labute approximate surface area is 101 Å². The number of nitrogens with two attached hydrogens (primary N) is 1. The summed E-state index contributed by atoms with van der Waals surface area (Å²) in [5.74, 6) is 6.52. The van der Waals surface area contributed by atoms with Gasteiger partial charge in [0.05, 0.1) is 12.0 Å². The predicted molar refractivity (Wildman–Crippen MR) is 64.4 cm³/mol. The fraction of sp³-hybridized carbons (Fsp3) is 0.100. The van der Waals surface area contributed by atoms with E-state index < -0.39 is 0 Å². The first-order valence-electron chi connectivity index (χ1n) is 4.98. The molecular formula is C10H9N5OS. The number of rotatable bonds is 2. The van der Waals surface area contributed by atoms with Crippen molar-refractivity contribution in [3.05, 3.63) is 40.9 Å². The number of imidazole rings is 1. The highest BCUT2D eigenvalue weighted by Crippen LogP contribution is 2.15. The van der Waals surface area contributed by atoms with E-state index in [4.69, 9.17) is 22.5 Å². The van der Waals surface area contributed by atoms with Crippen LogP contribution in [-0.2, 0) is 6.42 Å². The fourth-order valence-electron chi connectivity index (χ4n) is 1.71. The van der Waals surface area contributed by atoms with Crippen LogP contribution >= 0.6 is 12.2 Å². The molecule has 6 nitrogen and oxygen atoms in total. The molecule has 0 aliphatic rings. The van der Waals surface area contributed by atoms with E-state index in [1.807, 2.05) is 12.1 Å². The van der Waals surface area contributed by atoms with Gasteiger partial charge in [-0.25, -0.2) is 9.66 Å². The molecule has 0 aliphatic heterocycles. The summed E-state index contributed by atoms with van der Waals surface area (Å²) in [4.78, 5) is 11.3. The normalized spacial score (nSPS) is 11.1. The highest BCUT2D eigenvalue weighted by molar-refractivity contribution is 7.71. The fourth-order valence-corrected chi connectivity index (χ4v) is 1.92. The molecule has 0 bridgehead atoms. The highest BCUT2D eigenvalue weighted by atomic mass is 32.1. The zero-order valence-electron chi connectivity index (χ0n) is 8.75. The van der Waals surface area contributed by atoms with Crippen molar-refractivity contribution in [3.63, 3.8) is 0 Å². The lowest BCUT2D eigenvalue weighted by molar-refractivity contribution is 0.519. The lowest BCUT2D eigenvalue weighted by atomic mass is 10.2. The van der Waals surface area contributed by atoms with Crippen molar-refractivity contribution in [1.82, 2.24) is 19.6 Å². The maximum atomic E-state index is 5.70. The molecule has 0 aromatic carbocycles. The van der Waals surface area contributed by atoms with Crippen LogP contribution in [0.15, 0.2) is 29.1 Å². The number of hydrogen-bond acceptors (Lipinski definition) is 5. The number of aromatic nitrogens is 4. The maximum Gasteiger partial charge on any atom is 0.199 e. The van der Waals surface area contributed by atoms with E-state index in [0.717, 1.165) is 11.5 Å². The molecule has 17 heavy (non-hydrogen) atoms. The van der Waals surface area contributed by atoms with Crippen molar-refractivity contribution in [2.45, 2.75) is 6.42 Å². The van der Waals surface area contributed by atoms with Gasteiger partial charge in [0.25, 0.3) is 0 Å². The van der Waals surface area contributed by atoms with E-state index in [2.05, 4.69) is 15.0 Å². The van der Waals surface area contributed by atoms with E-state index in [0.29, 0.717) is 22.4 Å². The van der Waals surface area contributed by atoms with Gasteiger partial charge in [0.1, 0.15) is 17.6 Å². The van der Waals surface area contributed by atoms with E-state index in [1.54, 1.807) is 6.26 Å². The van der Waals surface area contributed by atoms with Crippen LogP contribution in [0.5, 0.6) is 0 Å². The molecule has 3 aromatic rings. The maximum absolute atomic E-state index is 5.70. The van der Waals surface area contributed by atoms with Gasteiger partial charge in [0, 0.05) is 6.42 Å². The van der Waals surface area contributed by atoms with E-state index >= 15 is 0 Å². The van der Waals surface area contributed by atoms with Crippen LogP contribution in [0.1, 0.15) is 11.5 Å². The topological polar surface area (TPSA) is 85.7 Å². The molecule has 0 aliphatic carbocycles. The van der Waals surface area contributed by atoms with Crippen LogP contribution in [-0.4, -0.2) is 19.6 Å². The van der Waals surface area contributed by atoms with Crippen molar-refractivity contribution >= 4 is 23.4 Å². The first kappa shape index (κ1) is 10.0. The minimum atomic E-state index is 0.381. The summed E-state index contributed by atoms with van der Waals surface area (Å²) in [6.07, 6.45) is 3.71. The summed E-state index contributed by atoms with van der Waals surface area (Å²) < 4.78 is 7.03. The molecule has 0 unspecified atom stereocenters. The molecule has 0 spiro atoms. The average Bonchev–Trinajstić information content (AvgIpc) is 2.90. The molecule has 0 saturated carbocycles. The Hall–Kier alpha value is -2.15. The minimum absolute atomic E-state index is 0.381. The van der Waals surface area contributed by atoms with Gasteiger partial charge in [-0.3, -0.25) is 0 Å². The second kappa shape index (κ2) is 3.70. The Kier molecular flexibility index (Phi) is 2.19. The molecule has 0 saturated heterocycles. The molecule has 0 radical (unpaired) electrons. The van der Waals surface area contributed by atoms with Gasteiger partial charge in [0.2, 0.25) is 0 Å². The van der Waals surface area contributed by atoms with Crippen LogP contribution in [0.4, 0.5) is 0 Å². The summed E-state index contributed by atoms with van der Waals surface area (Å²) in [6.45, 7) is 0. The minimum Gasteiger partial charge on any atom is -0.469 e. The number of nitrogens with one attached hydrogen (secondary N) is 1. The first-order valence-corrected chi connectivity index (χ1v) is 5.38. The van der Waals surface area contributed by atoms with Crippen LogP contribution in [0.2, 0.25) is 0 Å². The van der Waals surface area contributed by atoms with Gasteiger partial charge in [-0.15, -0.1) is 0 Å². The Bertz CT molecular complexity index is 712. The Balaban J connectivity index is 2.18. The summed E-state index contributed by atoms with van der Waals surface area (Å²) in [7, 11) is 0. The smallest absolute Gasteiger partial charge is 0.199 e. The lowest BCUT2D eigenvalue weighted by Crippen LogP contribution is -2.07. The number of furan rings is 1. The van der Waals surface area contributed by atoms with E-state index in [-0.39, 0.29) is 0 Å². The third-order valence-electron chi connectivity index (χ3n) is 2.45. The second-order valence-electron chi connectivity index (χ2n) is 3.60. The van der Waals surface area contributed by atoms with Crippen molar-refractivity contribution in [2.24, 2.45) is 0 Å². The molecule has 3 N–H and O–H groups in total. The third kappa shape index (κ3) is 1.70. The molecule has 7 heteroatoms. The molecular weight excluding hydrogens is 238 g/mol. The number of fused-ring (bicyclic) bond motifs is 1. The number of nitrogen functional groups attached to an aromatic ring is 1. The van der Waals surface area contributed by atoms with Gasteiger partial charge in [-0.05, 0) is 24.4 Å². The van der Waals surface area contributed by atoms with Crippen LogP contribution in [0.3, 0.4) is 0 Å². The third-order valence-corrected chi connectivity index (χ3v) is 2.64.